The summed E-state index contributed by atoms with van der Waals surface area (Å²) < 4.78 is 13.4. The lowest BCUT2D eigenvalue weighted by atomic mass is 10.0. The first-order valence-corrected chi connectivity index (χ1v) is 11.4. The van der Waals surface area contributed by atoms with Crippen LogP contribution in [0.25, 0.3) is 0 Å². The summed E-state index contributed by atoms with van der Waals surface area (Å²) in [6.07, 6.45) is 2.45. The van der Waals surface area contributed by atoms with Gasteiger partial charge in [0, 0.05) is 56.3 Å². The molecule has 1 atom stereocenters. The van der Waals surface area contributed by atoms with Gasteiger partial charge in [0.05, 0.1) is 0 Å². The van der Waals surface area contributed by atoms with Gasteiger partial charge in [0.1, 0.15) is 17.5 Å². The van der Waals surface area contributed by atoms with Crippen molar-refractivity contribution in [2.45, 2.75) is 52.9 Å². The fraction of sp³-hybridized carbons (Fsp3) is 0.542. The predicted octanol–water partition coefficient (Wildman–Crippen LogP) is 4.13. The molecule has 2 heterocycles. The monoisotopic (exact) mass is 427 g/mol. The topological polar surface area (TPSA) is 61.4 Å². The van der Waals surface area contributed by atoms with E-state index in [0.29, 0.717) is 26.1 Å². The molecule has 1 aliphatic rings. The van der Waals surface area contributed by atoms with Crippen LogP contribution < -0.4 is 10.2 Å². The number of hydrogen-bond donors (Lipinski definition) is 1. The van der Waals surface area contributed by atoms with Crippen LogP contribution in [0.5, 0.6) is 0 Å². The number of aryl methyl sites for hydroxylation is 1. The van der Waals surface area contributed by atoms with Gasteiger partial charge >= 0.3 is 6.03 Å². The number of carbonyl (C=O) groups excluding carboxylic acids is 1. The first-order valence-electron chi connectivity index (χ1n) is 11.4. The van der Waals surface area contributed by atoms with Crippen molar-refractivity contribution in [1.29, 1.82) is 0 Å². The first-order chi connectivity index (χ1) is 15.0. The van der Waals surface area contributed by atoms with Gasteiger partial charge in [-0.15, -0.1) is 0 Å². The van der Waals surface area contributed by atoms with Crippen molar-refractivity contribution in [3.05, 3.63) is 52.7 Å². The fourth-order valence-electron chi connectivity index (χ4n) is 3.86. The molecule has 0 spiro atoms. The molecule has 0 bridgehead atoms. The Morgan fingerprint density at radius 2 is 1.77 bits per heavy atom. The third-order valence-corrected chi connectivity index (χ3v) is 5.96. The summed E-state index contributed by atoms with van der Waals surface area (Å²) in [5.74, 6) is 1.88. The number of aromatic nitrogens is 2. The largest absolute Gasteiger partial charge is 0.353 e. The van der Waals surface area contributed by atoms with Gasteiger partial charge in [-0.05, 0) is 37.5 Å². The summed E-state index contributed by atoms with van der Waals surface area (Å²) in [7, 11) is 0. The van der Waals surface area contributed by atoms with Gasteiger partial charge in [0.25, 0.3) is 0 Å². The number of nitrogens with one attached hydrogen (secondary N) is 1. The molecule has 7 heteroatoms. The summed E-state index contributed by atoms with van der Waals surface area (Å²) in [6, 6.07) is 6.65. The number of nitrogens with zero attached hydrogens (tertiary/aromatic N) is 4. The Kier molecular flexibility index (Phi) is 7.82. The van der Waals surface area contributed by atoms with Gasteiger partial charge in [0.2, 0.25) is 0 Å². The molecule has 6 nitrogen and oxygen atoms in total. The van der Waals surface area contributed by atoms with E-state index in [1.165, 1.54) is 12.1 Å². The standard InChI is InChI=1S/C24H34FN5O/c1-5-17(4)22-27-21(6-2)20(16-18-8-10-19(25)11-9-18)23(28-22)29-12-14-30(15-13-29)24(31)26-7-3/h8-11,17H,5-7,12-16H2,1-4H3,(H,26,31)/t17-/m0/s1. The molecule has 1 aliphatic heterocycles. The molecule has 0 aliphatic carbocycles. The maximum absolute atomic E-state index is 13.4. The lowest BCUT2D eigenvalue weighted by Crippen LogP contribution is -2.52. The number of carbonyl (C=O) groups is 1. The zero-order valence-corrected chi connectivity index (χ0v) is 19.1. The van der Waals surface area contributed by atoms with Crippen LogP contribution in [0.15, 0.2) is 24.3 Å². The Morgan fingerprint density at radius 3 is 2.35 bits per heavy atom. The zero-order chi connectivity index (χ0) is 22.4. The summed E-state index contributed by atoms with van der Waals surface area (Å²) in [6.45, 7) is 11.8. The van der Waals surface area contributed by atoms with Crippen LogP contribution in [-0.4, -0.2) is 53.6 Å². The third-order valence-electron chi connectivity index (χ3n) is 5.96. The molecule has 1 N–H and O–H groups in total. The van der Waals surface area contributed by atoms with E-state index in [-0.39, 0.29) is 17.8 Å². The second-order valence-corrected chi connectivity index (χ2v) is 8.11. The molecule has 168 valence electrons. The number of urea groups is 1. The minimum Gasteiger partial charge on any atom is -0.353 e. The van der Waals surface area contributed by atoms with E-state index in [1.807, 2.05) is 24.0 Å². The Hall–Kier alpha value is -2.70. The van der Waals surface area contributed by atoms with Crippen LogP contribution >= 0.6 is 0 Å². The van der Waals surface area contributed by atoms with E-state index in [1.54, 1.807) is 0 Å². The van der Waals surface area contributed by atoms with Crippen molar-refractivity contribution in [2.24, 2.45) is 0 Å². The molecule has 0 unspecified atom stereocenters. The molecule has 3 rings (SSSR count). The van der Waals surface area contributed by atoms with E-state index < -0.39 is 0 Å². The molecule has 2 amide bonds. The van der Waals surface area contributed by atoms with Gasteiger partial charge in [-0.2, -0.15) is 0 Å². The van der Waals surface area contributed by atoms with Gasteiger partial charge in [-0.3, -0.25) is 0 Å². The highest BCUT2D eigenvalue weighted by atomic mass is 19.1. The summed E-state index contributed by atoms with van der Waals surface area (Å²) in [5, 5.41) is 2.88. The molecule has 0 radical (unpaired) electrons. The average molecular weight is 428 g/mol. The van der Waals surface area contributed by atoms with Crippen molar-refractivity contribution in [3.8, 4) is 0 Å². The molecular weight excluding hydrogens is 393 g/mol. The highest BCUT2D eigenvalue weighted by Gasteiger charge is 2.26. The highest BCUT2D eigenvalue weighted by Crippen LogP contribution is 2.28. The summed E-state index contributed by atoms with van der Waals surface area (Å²) >= 11 is 0. The molecule has 1 aromatic heterocycles. The van der Waals surface area contributed by atoms with Crippen molar-refractivity contribution < 1.29 is 9.18 Å². The van der Waals surface area contributed by atoms with Crippen molar-refractivity contribution in [3.63, 3.8) is 0 Å². The molecule has 31 heavy (non-hydrogen) atoms. The van der Waals surface area contributed by atoms with Gasteiger partial charge < -0.3 is 15.1 Å². The second kappa shape index (κ2) is 10.6. The summed E-state index contributed by atoms with van der Waals surface area (Å²) in [5.41, 5.74) is 3.20. The molecule has 1 saturated heterocycles. The molecule has 1 fully saturated rings. The minimum atomic E-state index is -0.232. The van der Waals surface area contributed by atoms with E-state index in [2.05, 4.69) is 31.0 Å². The van der Waals surface area contributed by atoms with Crippen LogP contribution in [-0.2, 0) is 12.8 Å². The molecule has 0 saturated carbocycles. The number of hydrogen-bond acceptors (Lipinski definition) is 4. The average Bonchev–Trinajstić information content (AvgIpc) is 2.80. The zero-order valence-electron chi connectivity index (χ0n) is 19.1. The lowest BCUT2D eigenvalue weighted by molar-refractivity contribution is 0.195. The number of halogens is 1. The Bertz CT molecular complexity index is 878. The van der Waals surface area contributed by atoms with Crippen LogP contribution in [0.1, 0.15) is 62.7 Å². The molecular formula is C24H34FN5O. The van der Waals surface area contributed by atoms with Crippen LogP contribution in [0.4, 0.5) is 15.0 Å². The van der Waals surface area contributed by atoms with Gasteiger partial charge in [-0.1, -0.05) is 32.9 Å². The number of rotatable bonds is 7. The van der Waals surface area contributed by atoms with Crippen molar-refractivity contribution in [2.75, 3.05) is 37.6 Å². The Morgan fingerprint density at radius 1 is 1.10 bits per heavy atom. The number of amides is 2. The Labute approximate surface area is 184 Å². The number of benzene rings is 1. The lowest BCUT2D eigenvalue weighted by Gasteiger charge is -2.36. The quantitative estimate of drug-likeness (QED) is 0.722. The van der Waals surface area contributed by atoms with Crippen LogP contribution in [0.3, 0.4) is 0 Å². The van der Waals surface area contributed by atoms with Crippen molar-refractivity contribution >= 4 is 11.8 Å². The van der Waals surface area contributed by atoms with Crippen LogP contribution in [0.2, 0.25) is 0 Å². The normalized spacial score (nSPS) is 15.1. The minimum absolute atomic E-state index is 0.00841. The maximum Gasteiger partial charge on any atom is 0.317 e. The van der Waals surface area contributed by atoms with Gasteiger partial charge in [-0.25, -0.2) is 19.2 Å². The molecule has 2 aromatic rings. The smallest absolute Gasteiger partial charge is 0.317 e. The third kappa shape index (κ3) is 5.51. The highest BCUT2D eigenvalue weighted by molar-refractivity contribution is 5.74. The number of anilines is 1. The number of piperazine rings is 1. The fourth-order valence-corrected chi connectivity index (χ4v) is 3.86. The van der Waals surface area contributed by atoms with E-state index in [4.69, 9.17) is 9.97 Å². The van der Waals surface area contributed by atoms with E-state index in [0.717, 1.165) is 54.4 Å². The Balaban J connectivity index is 1.94. The molecule has 1 aromatic carbocycles. The predicted molar refractivity (Wildman–Crippen MR) is 122 cm³/mol. The van der Waals surface area contributed by atoms with Gasteiger partial charge in [0.15, 0.2) is 0 Å². The second-order valence-electron chi connectivity index (χ2n) is 8.11. The first kappa shape index (κ1) is 23.0. The maximum atomic E-state index is 13.4. The van der Waals surface area contributed by atoms with E-state index in [9.17, 15) is 9.18 Å². The van der Waals surface area contributed by atoms with E-state index >= 15 is 0 Å². The van der Waals surface area contributed by atoms with Crippen LogP contribution in [0, 0.1) is 5.82 Å². The van der Waals surface area contributed by atoms with Crippen molar-refractivity contribution in [1.82, 2.24) is 20.2 Å². The SMILES string of the molecule is CCNC(=O)N1CCN(c2nc([C@@H](C)CC)nc(CC)c2Cc2ccc(F)cc2)CC1. The summed E-state index contributed by atoms with van der Waals surface area (Å²) in [4.78, 5) is 26.3.